The number of anilines is 1. The second kappa shape index (κ2) is 3.82. The summed E-state index contributed by atoms with van der Waals surface area (Å²) in [6.07, 6.45) is 3.72. The van der Waals surface area contributed by atoms with E-state index in [2.05, 4.69) is 22.0 Å². The van der Waals surface area contributed by atoms with Crippen LogP contribution in [-0.2, 0) is 0 Å². The van der Waals surface area contributed by atoms with Crippen molar-refractivity contribution in [1.82, 2.24) is 10.2 Å². The van der Waals surface area contributed by atoms with Gasteiger partial charge in [-0.25, -0.2) is 5.10 Å². The first-order chi connectivity index (χ1) is 6.77. The molecule has 1 aromatic heterocycles. The first-order valence-electron chi connectivity index (χ1n) is 5.10. The average molecular weight is 193 g/mol. The molecule has 4 nitrogen and oxygen atoms in total. The van der Waals surface area contributed by atoms with E-state index >= 15 is 0 Å². The fraction of sp³-hybridized carbons (Fsp3) is 0.600. The van der Waals surface area contributed by atoms with Crippen molar-refractivity contribution in [2.45, 2.75) is 32.2 Å². The summed E-state index contributed by atoms with van der Waals surface area (Å²) in [5.74, 6) is 0.886. The van der Waals surface area contributed by atoms with Crippen LogP contribution >= 0.6 is 0 Å². The van der Waals surface area contributed by atoms with Crippen LogP contribution in [0.2, 0.25) is 0 Å². The quantitative estimate of drug-likeness (QED) is 0.727. The van der Waals surface area contributed by atoms with Crippen LogP contribution in [0.15, 0.2) is 16.9 Å². The Bertz CT molecular complexity index is 340. The third kappa shape index (κ3) is 1.78. The van der Waals surface area contributed by atoms with E-state index in [1.165, 1.54) is 25.3 Å². The summed E-state index contributed by atoms with van der Waals surface area (Å²) in [5, 5.41) is 6.51. The highest BCUT2D eigenvalue weighted by atomic mass is 16.1. The largest absolute Gasteiger partial charge is 0.352 e. The van der Waals surface area contributed by atoms with Crippen LogP contribution < -0.4 is 10.5 Å². The Kier molecular flexibility index (Phi) is 2.52. The smallest absolute Gasteiger partial charge is 0.264 e. The summed E-state index contributed by atoms with van der Waals surface area (Å²) in [7, 11) is 0. The molecule has 0 aliphatic carbocycles. The second-order valence-corrected chi connectivity index (χ2v) is 3.82. The first kappa shape index (κ1) is 9.24. The molecule has 1 aliphatic rings. The van der Waals surface area contributed by atoms with Gasteiger partial charge in [-0.2, -0.15) is 5.10 Å². The van der Waals surface area contributed by atoms with E-state index in [0.29, 0.717) is 6.04 Å². The minimum absolute atomic E-state index is 0.140. The molecule has 2 heterocycles. The fourth-order valence-corrected chi connectivity index (χ4v) is 1.94. The number of piperidine rings is 1. The number of rotatable bonds is 1. The predicted octanol–water partition coefficient (Wildman–Crippen LogP) is 1.15. The Morgan fingerprint density at radius 2 is 2.36 bits per heavy atom. The van der Waals surface area contributed by atoms with Crippen molar-refractivity contribution in [3.05, 3.63) is 22.5 Å². The molecular formula is C10H15N3O. The van der Waals surface area contributed by atoms with Crippen molar-refractivity contribution < 1.29 is 0 Å². The lowest BCUT2D eigenvalue weighted by Gasteiger charge is -2.33. The van der Waals surface area contributed by atoms with Gasteiger partial charge in [0.25, 0.3) is 5.56 Å². The molecule has 0 spiro atoms. The summed E-state index contributed by atoms with van der Waals surface area (Å²) in [6.45, 7) is 3.24. The number of aromatic nitrogens is 2. The van der Waals surface area contributed by atoms with Gasteiger partial charge in [-0.15, -0.1) is 0 Å². The van der Waals surface area contributed by atoms with Crippen molar-refractivity contribution in [1.29, 1.82) is 0 Å². The third-order valence-electron chi connectivity index (χ3n) is 2.76. The summed E-state index contributed by atoms with van der Waals surface area (Å²) in [5.41, 5.74) is -0.140. The maximum Gasteiger partial charge on any atom is 0.264 e. The van der Waals surface area contributed by atoms with Crippen molar-refractivity contribution in [3.8, 4) is 0 Å². The van der Waals surface area contributed by atoms with E-state index in [1.807, 2.05) is 0 Å². The highest BCUT2D eigenvalue weighted by Crippen LogP contribution is 2.21. The van der Waals surface area contributed by atoms with Gasteiger partial charge in [0, 0.05) is 18.7 Å². The molecular weight excluding hydrogens is 178 g/mol. The van der Waals surface area contributed by atoms with Crippen LogP contribution in [0.5, 0.6) is 0 Å². The minimum Gasteiger partial charge on any atom is -0.352 e. The Balaban J connectivity index is 2.20. The molecule has 4 heteroatoms. The number of nitrogens with zero attached hydrogens (tertiary/aromatic N) is 2. The van der Waals surface area contributed by atoms with Crippen LogP contribution in [0.3, 0.4) is 0 Å². The van der Waals surface area contributed by atoms with Gasteiger partial charge in [0.05, 0.1) is 0 Å². The lowest BCUT2D eigenvalue weighted by molar-refractivity contribution is 0.479. The molecule has 0 radical (unpaired) electrons. The predicted molar refractivity (Wildman–Crippen MR) is 55.5 cm³/mol. The van der Waals surface area contributed by atoms with Crippen LogP contribution in [0.25, 0.3) is 0 Å². The zero-order chi connectivity index (χ0) is 9.97. The second-order valence-electron chi connectivity index (χ2n) is 3.82. The molecule has 1 aliphatic heterocycles. The highest BCUT2D eigenvalue weighted by Gasteiger charge is 2.19. The molecule has 1 atom stereocenters. The van der Waals surface area contributed by atoms with Crippen LogP contribution in [-0.4, -0.2) is 22.8 Å². The van der Waals surface area contributed by atoms with E-state index in [0.717, 1.165) is 12.4 Å². The summed E-state index contributed by atoms with van der Waals surface area (Å²) < 4.78 is 0. The van der Waals surface area contributed by atoms with Crippen LogP contribution in [0, 0.1) is 0 Å². The van der Waals surface area contributed by atoms with Crippen LogP contribution in [0.4, 0.5) is 5.82 Å². The minimum atomic E-state index is -0.140. The number of nitrogens with one attached hydrogen (secondary N) is 1. The number of hydrogen-bond donors (Lipinski definition) is 1. The number of H-pyrrole nitrogens is 1. The van der Waals surface area contributed by atoms with Crippen molar-refractivity contribution in [2.75, 3.05) is 11.4 Å². The van der Waals surface area contributed by atoms with Gasteiger partial charge in [0.2, 0.25) is 0 Å². The molecule has 0 saturated carbocycles. The van der Waals surface area contributed by atoms with Gasteiger partial charge < -0.3 is 4.90 Å². The lowest BCUT2D eigenvalue weighted by Crippen LogP contribution is -2.38. The Morgan fingerprint density at radius 3 is 3.00 bits per heavy atom. The van der Waals surface area contributed by atoms with Gasteiger partial charge >= 0.3 is 0 Å². The van der Waals surface area contributed by atoms with E-state index in [1.54, 1.807) is 6.07 Å². The normalized spacial score (nSPS) is 22.4. The topological polar surface area (TPSA) is 49.0 Å². The maximum atomic E-state index is 10.8. The van der Waals surface area contributed by atoms with Crippen molar-refractivity contribution in [2.24, 2.45) is 0 Å². The summed E-state index contributed by atoms with van der Waals surface area (Å²) in [6, 6.07) is 3.85. The molecule has 0 unspecified atom stereocenters. The molecule has 0 bridgehead atoms. The molecule has 1 N–H and O–H groups in total. The average Bonchev–Trinajstić information content (AvgIpc) is 2.20. The summed E-state index contributed by atoms with van der Waals surface area (Å²) >= 11 is 0. The standard InChI is InChI=1S/C10H15N3O/c1-8-4-2-3-7-13(8)9-5-6-10(14)12-11-9/h5-6,8H,2-4,7H2,1H3,(H,12,14)/t8-/m0/s1. The van der Waals surface area contributed by atoms with Gasteiger partial charge in [-0.05, 0) is 32.3 Å². The zero-order valence-electron chi connectivity index (χ0n) is 8.36. The lowest BCUT2D eigenvalue weighted by atomic mass is 10.0. The van der Waals surface area contributed by atoms with Gasteiger partial charge in [-0.3, -0.25) is 4.79 Å². The van der Waals surface area contributed by atoms with Gasteiger partial charge in [0.1, 0.15) is 5.82 Å². The zero-order valence-corrected chi connectivity index (χ0v) is 8.36. The molecule has 2 rings (SSSR count). The Labute approximate surface area is 82.9 Å². The van der Waals surface area contributed by atoms with E-state index in [-0.39, 0.29) is 5.56 Å². The molecule has 0 amide bonds. The van der Waals surface area contributed by atoms with Crippen LogP contribution in [0.1, 0.15) is 26.2 Å². The number of hydrogen-bond acceptors (Lipinski definition) is 3. The van der Waals surface area contributed by atoms with Crippen molar-refractivity contribution >= 4 is 5.82 Å². The van der Waals surface area contributed by atoms with Gasteiger partial charge in [0.15, 0.2) is 0 Å². The summed E-state index contributed by atoms with van der Waals surface area (Å²) in [4.78, 5) is 13.1. The molecule has 76 valence electrons. The SMILES string of the molecule is C[C@H]1CCCCN1c1ccc(=O)[nH]n1. The van der Waals surface area contributed by atoms with Crippen molar-refractivity contribution in [3.63, 3.8) is 0 Å². The van der Waals surface area contributed by atoms with E-state index in [4.69, 9.17) is 0 Å². The molecule has 14 heavy (non-hydrogen) atoms. The van der Waals surface area contributed by atoms with E-state index in [9.17, 15) is 4.79 Å². The molecule has 1 fully saturated rings. The Hall–Kier alpha value is -1.32. The Morgan fingerprint density at radius 1 is 1.50 bits per heavy atom. The molecule has 1 saturated heterocycles. The first-order valence-corrected chi connectivity index (χ1v) is 5.10. The molecule has 0 aromatic carbocycles. The van der Waals surface area contributed by atoms with E-state index < -0.39 is 0 Å². The third-order valence-corrected chi connectivity index (χ3v) is 2.76. The monoisotopic (exact) mass is 193 g/mol. The van der Waals surface area contributed by atoms with Gasteiger partial charge in [-0.1, -0.05) is 0 Å². The fourth-order valence-electron chi connectivity index (χ4n) is 1.94. The highest BCUT2D eigenvalue weighted by molar-refractivity contribution is 5.38. The molecule has 1 aromatic rings. The number of aromatic amines is 1. The maximum absolute atomic E-state index is 10.8.